The van der Waals surface area contributed by atoms with E-state index in [4.69, 9.17) is 9.31 Å². The van der Waals surface area contributed by atoms with Gasteiger partial charge in [-0.3, -0.25) is 24.6 Å². The Bertz CT molecular complexity index is 1710. The third-order valence-corrected chi connectivity index (χ3v) is 12.5. The Morgan fingerprint density at radius 2 is 1.66 bits per heavy atom. The first-order chi connectivity index (χ1) is 24.2. The van der Waals surface area contributed by atoms with Crippen molar-refractivity contribution >= 4 is 24.8 Å². The van der Waals surface area contributed by atoms with Crippen LogP contribution in [-0.2, 0) is 35.4 Å². The number of nitrogens with zero attached hydrogens (tertiary/aromatic N) is 4. The third kappa shape index (κ3) is 7.69. The molecular formula is C40H48BN5O3S. The van der Waals surface area contributed by atoms with Crippen LogP contribution in [0, 0.1) is 24.2 Å². The highest BCUT2D eigenvalue weighted by atomic mass is 32.2. The molecule has 260 valence electrons. The molecule has 0 radical (unpaired) electrons. The Hall–Kier alpha value is -3.57. The van der Waals surface area contributed by atoms with Gasteiger partial charge in [0.2, 0.25) is 0 Å². The molecule has 8 rings (SSSR count). The van der Waals surface area contributed by atoms with Crippen LogP contribution in [0.2, 0.25) is 0 Å². The molecule has 10 heteroatoms. The number of aryl methyl sites for hydroxylation is 1. The lowest BCUT2D eigenvalue weighted by Gasteiger charge is -2.64. The number of benzene rings is 1. The van der Waals surface area contributed by atoms with E-state index in [1.807, 2.05) is 72.7 Å². The number of carbonyl (C=O) groups excluding carboxylic acids is 1. The van der Waals surface area contributed by atoms with Crippen LogP contribution >= 0.6 is 11.8 Å². The third-order valence-electron chi connectivity index (χ3n) is 11.2. The standard InChI is InChI=1S/C40H48BN5O3S/c1-28-10-9-11-29(20-28)21-37(41-48-36-23-31-22-35(39(31,2)3)40(36,4)49-41)50-19-18-44-38(47)30-14-15-34(45-24-30)27-46(25-32-12-5-7-16-42-32)26-33-13-6-8-17-43-33/h5-17,20,24,31,35-37H,18-19,21-23,25-27H2,1-4H3,(H,44,47). The molecule has 3 saturated carbocycles. The fourth-order valence-electron chi connectivity index (χ4n) is 8.33. The summed E-state index contributed by atoms with van der Waals surface area (Å²) in [5, 5.41) is 3.24. The van der Waals surface area contributed by atoms with E-state index in [-0.39, 0.29) is 29.9 Å². The molecule has 2 bridgehead atoms. The largest absolute Gasteiger partial charge is 0.471 e. The van der Waals surface area contributed by atoms with Gasteiger partial charge in [0.25, 0.3) is 5.91 Å². The van der Waals surface area contributed by atoms with Gasteiger partial charge in [-0.25, -0.2) is 0 Å². The predicted octanol–water partition coefficient (Wildman–Crippen LogP) is 6.72. The lowest BCUT2D eigenvalue weighted by molar-refractivity contribution is -0.199. The second kappa shape index (κ2) is 15.0. The van der Waals surface area contributed by atoms with Crippen LogP contribution < -0.4 is 5.32 Å². The first-order valence-electron chi connectivity index (χ1n) is 17.9. The molecule has 3 aliphatic carbocycles. The van der Waals surface area contributed by atoms with Gasteiger partial charge in [0, 0.05) is 55.7 Å². The molecule has 1 aromatic carbocycles. The molecule has 4 heterocycles. The Morgan fingerprint density at radius 3 is 2.28 bits per heavy atom. The van der Waals surface area contributed by atoms with E-state index in [9.17, 15) is 4.79 Å². The number of pyridine rings is 3. The predicted molar refractivity (Wildman–Crippen MR) is 199 cm³/mol. The van der Waals surface area contributed by atoms with Gasteiger partial charge in [0.15, 0.2) is 0 Å². The van der Waals surface area contributed by atoms with Crippen molar-refractivity contribution in [3.8, 4) is 0 Å². The minimum atomic E-state index is -0.270. The first kappa shape index (κ1) is 34.9. The zero-order chi connectivity index (χ0) is 34.7. The summed E-state index contributed by atoms with van der Waals surface area (Å²) in [5.74, 6) is 1.88. The van der Waals surface area contributed by atoms with Crippen molar-refractivity contribution in [3.05, 3.63) is 125 Å². The summed E-state index contributed by atoms with van der Waals surface area (Å²) in [4.78, 5) is 29.1. The molecule has 5 unspecified atom stereocenters. The summed E-state index contributed by atoms with van der Waals surface area (Å²) in [6.45, 7) is 11.7. The van der Waals surface area contributed by atoms with E-state index in [2.05, 4.69) is 77.1 Å². The molecule has 0 spiro atoms. The Kier molecular flexibility index (Phi) is 10.4. The van der Waals surface area contributed by atoms with Crippen LogP contribution in [0.1, 0.15) is 72.2 Å². The van der Waals surface area contributed by atoms with Gasteiger partial charge < -0.3 is 14.6 Å². The molecule has 1 amide bonds. The van der Waals surface area contributed by atoms with Gasteiger partial charge in [-0.2, -0.15) is 11.8 Å². The highest BCUT2D eigenvalue weighted by molar-refractivity contribution is 8.01. The molecule has 1 N–H and O–H groups in total. The average molecular weight is 690 g/mol. The van der Waals surface area contributed by atoms with Crippen LogP contribution in [0.5, 0.6) is 0 Å². The molecule has 4 aromatic rings. The van der Waals surface area contributed by atoms with Gasteiger partial charge in [0.1, 0.15) is 0 Å². The lowest BCUT2D eigenvalue weighted by atomic mass is 9.43. The van der Waals surface area contributed by atoms with Crippen molar-refractivity contribution in [2.24, 2.45) is 17.3 Å². The maximum Gasteiger partial charge on any atom is 0.471 e. The van der Waals surface area contributed by atoms with E-state index < -0.39 is 0 Å². The summed E-state index contributed by atoms with van der Waals surface area (Å²) < 4.78 is 13.6. The number of hydrogen-bond acceptors (Lipinski definition) is 8. The maximum absolute atomic E-state index is 13.2. The van der Waals surface area contributed by atoms with E-state index in [0.717, 1.165) is 35.7 Å². The second-order valence-electron chi connectivity index (χ2n) is 15.0. The van der Waals surface area contributed by atoms with Crippen molar-refractivity contribution < 1.29 is 14.1 Å². The molecule has 50 heavy (non-hydrogen) atoms. The zero-order valence-electron chi connectivity index (χ0n) is 29.6. The van der Waals surface area contributed by atoms with Gasteiger partial charge in [-0.15, -0.1) is 0 Å². The average Bonchev–Trinajstić information content (AvgIpc) is 3.48. The van der Waals surface area contributed by atoms with E-state index in [1.165, 1.54) is 17.5 Å². The summed E-state index contributed by atoms with van der Waals surface area (Å²) >= 11 is 1.83. The van der Waals surface area contributed by atoms with Crippen molar-refractivity contribution in [1.82, 2.24) is 25.2 Å². The summed E-state index contributed by atoms with van der Waals surface area (Å²) in [7, 11) is -0.270. The monoisotopic (exact) mass is 689 g/mol. The molecule has 4 fully saturated rings. The Morgan fingerprint density at radius 1 is 0.940 bits per heavy atom. The Labute approximate surface area is 301 Å². The first-order valence-corrected chi connectivity index (χ1v) is 19.0. The number of nitrogens with one attached hydrogen (secondary N) is 1. The minimum absolute atomic E-state index is 0.118. The SMILES string of the molecule is Cc1cccc(CC(SCCNC(=O)c2ccc(CN(Cc3ccccn3)Cc3ccccn3)nc2)B2OC3CC4CC(C4(C)C)C3(C)O2)c1. The van der Waals surface area contributed by atoms with Crippen LogP contribution in [0.3, 0.4) is 0 Å². The maximum atomic E-state index is 13.2. The van der Waals surface area contributed by atoms with Gasteiger partial charge >= 0.3 is 7.12 Å². The van der Waals surface area contributed by atoms with Crippen molar-refractivity contribution in [2.45, 2.75) is 83.4 Å². The van der Waals surface area contributed by atoms with Gasteiger partial charge in [-0.05, 0) is 92.3 Å². The fourth-order valence-corrected chi connectivity index (χ4v) is 9.44. The van der Waals surface area contributed by atoms with Gasteiger partial charge in [-0.1, -0.05) is 55.8 Å². The summed E-state index contributed by atoms with van der Waals surface area (Å²) in [6, 6.07) is 24.4. The van der Waals surface area contributed by atoms with Crippen molar-refractivity contribution in [1.29, 1.82) is 0 Å². The second-order valence-corrected chi connectivity index (χ2v) is 16.4. The number of carbonyl (C=O) groups is 1. The van der Waals surface area contributed by atoms with E-state index in [0.29, 0.717) is 49.0 Å². The number of thioether (sulfide) groups is 1. The van der Waals surface area contributed by atoms with Crippen LogP contribution in [0.25, 0.3) is 0 Å². The van der Waals surface area contributed by atoms with Crippen molar-refractivity contribution in [3.63, 3.8) is 0 Å². The quantitative estimate of drug-likeness (QED) is 0.115. The van der Waals surface area contributed by atoms with Crippen molar-refractivity contribution in [2.75, 3.05) is 12.3 Å². The molecule has 1 saturated heterocycles. The number of hydrogen-bond donors (Lipinski definition) is 1. The molecule has 8 nitrogen and oxygen atoms in total. The smallest absolute Gasteiger partial charge is 0.405 e. The summed E-state index contributed by atoms with van der Waals surface area (Å²) in [6.07, 6.45) is 8.62. The zero-order valence-corrected chi connectivity index (χ0v) is 30.4. The Balaban J connectivity index is 0.947. The topological polar surface area (TPSA) is 89.5 Å². The molecule has 1 aliphatic heterocycles. The molecule has 3 aromatic heterocycles. The lowest BCUT2D eigenvalue weighted by Crippen LogP contribution is -2.65. The normalized spacial score (nSPS) is 24.0. The van der Waals surface area contributed by atoms with E-state index in [1.54, 1.807) is 6.20 Å². The molecule has 5 atom stereocenters. The molecule has 4 aliphatic rings. The van der Waals surface area contributed by atoms with Crippen LogP contribution in [0.15, 0.2) is 91.4 Å². The summed E-state index contributed by atoms with van der Waals surface area (Å²) in [5.41, 5.74) is 6.01. The number of amides is 1. The minimum Gasteiger partial charge on any atom is -0.405 e. The number of aromatic nitrogens is 3. The fraction of sp³-hybridized carbons (Fsp3) is 0.450. The highest BCUT2D eigenvalue weighted by Crippen LogP contribution is 2.66. The van der Waals surface area contributed by atoms with Crippen LogP contribution in [-0.4, -0.2) is 62.0 Å². The van der Waals surface area contributed by atoms with Gasteiger partial charge in [0.05, 0.1) is 34.4 Å². The molecular weight excluding hydrogens is 641 g/mol. The number of rotatable bonds is 14. The van der Waals surface area contributed by atoms with Crippen LogP contribution in [0.4, 0.5) is 0 Å². The highest BCUT2D eigenvalue weighted by Gasteiger charge is 2.68. The van der Waals surface area contributed by atoms with E-state index >= 15 is 0 Å².